The Bertz CT molecular complexity index is 13.5. The first-order chi connectivity index (χ1) is 1.41. The van der Waals surface area contributed by atoms with Crippen LogP contribution < -0.4 is 0 Å². The fraction of sp³-hybridized carbons (Fsp3) is 0.500. The molecule has 4 heavy (non-hydrogen) atoms. The molecule has 0 rings (SSSR count). The van der Waals surface area contributed by atoms with E-state index in [1.54, 1.807) is 0 Å². The maximum atomic E-state index is 8.68. The van der Waals surface area contributed by atoms with Gasteiger partial charge in [-0.2, -0.15) is 0 Å². The SMILES string of the molecule is C[C]=O.[Ti]. The average molecular weight is 90.9 g/mol. The van der Waals surface area contributed by atoms with Gasteiger partial charge in [-0.1, -0.05) is 0 Å². The fourth-order valence-corrected chi connectivity index (χ4v) is 0. The Hall–Kier alpha value is 0.384. The normalized spacial score (nSPS) is 3.25. The molecule has 0 saturated heterocycles. The summed E-state index contributed by atoms with van der Waals surface area (Å²) < 4.78 is 0. The predicted molar refractivity (Wildman–Crippen MR) is 11.4 cm³/mol. The number of hydrogen-bond donors (Lipinski definition) is 0. The van der Waals surface area contributed by atoms with Crippen LogP contribution in [0.5, 0.6) is 0 Å². The Morgan fingerprint density at radius 1 is 1.75 bits per heavy atom. The minimum absolute atomic E-state index is 0. The molecule has 1 nitrogen and oxygen atoms in total. The van der Waals surface area contributed by atoms with Crippen molar-refractivity contribution in [3.8, 4) is 0 Å². The third-order valence-corrected chi connectivity index (χ3v) is 0. The molecule has 0 saturated carbocycles. The molecule has 0 atom stereocenters. The zero-order chi connectivity index (χ0) is 2.71. The summed E-state index contributed by atoms with van der Waals surface area (Å²) in [4.78, 5) is 8.68. The van der Waals surface area contributed by atoms with E-state index in [9.17, 15) is 0 Å². The molecule has 0 heterocycles. The minimum Gasteiger partial charge on any atom is -0.291 e. The smallest absolute Gasteiger partial charge is 0.195 e. The van der Waals surface area contributed by atoms with E-state index in [0.29, 0.717) is 0 Å². The van der Waals surface area contributed by atoms with E-state index in [4.69, 9.17) is 4.79 Å². The van der Waals surface area contributed by atoms with E-state index in [0.717, 1.165) is 0 Å². The zero-order valence-corrected chi connectivity index (χ0v) is 3.97. The van der Waals surface area contributed by atoms with Crippen LogP contribution in [0.1, 0.15) is 6.92 Å². The van der Waals surface area contributed by atoms with Gasteiger partial charge in [-0.15, -0.1) is 0 Å². The second-order valence-electron chi connectivity index (χ2n) is 0.204. The van der Waals surface area contributed by atoms with Gasteiger partial charge in [0.1, 0.15) is 0 Å². The van der Waals surface area contributed by atoms with Gasteiger partial charge in [0, 0.05) is 28.6 Å². The molecule has 21 valence electrons. The molecule has 0 aromatic rings. The molecule has 0 spiro atoms. The van der Waals surface area contributed by atoms with Crippen molar-refractivity contribution in [2.75, 3.05) is 0 Å². The van der Waals surface area contributed by atoms with Gasteiger partial charge in [0.15, 0.2) is 6.29 Å². The van der Waals surface area contributed by atoms with Crippen molar-refractivity contribution in [2.24, 2.45) is 0 Å². The Morgan fingerprint density at radius 2 is 1.75 bits per heavy atom. The topological polar surface area (TPSA) is 17.1 Å². The zero-order valence-electron chi connectivity index (χ0n) is 2.41. The summed E-state index contributed by atoms with van der Waals surface area (Å²) in [6.07, 6.45) is 1.50. The van der Waals surface area contributed by atoms with E-state index >= 15 is 0 Å². The number of hydrogen-bond acceptors (Lipinski definition) is 1. The molecule has 0 N–H and O–H groups in total. The second kappa shape index (κ2) is 10.0. The summed E-state index contributed by atoms with van der Waals surface area (Å²) >= 11 is 0. The van der Waals surface area contributed by atoms with Crippen molar-refractivity contribution in [3.63, 3.8) is 0 Å². The first-order valence-electron chi connectivity index (χ1n) is 0.704. The molecular weight excluding hydrogens is 87.9 g/mol. The molecular formula is C2H3OTi. The monoisotopic (exact) mass is 91.0 g/mol. The van der Waals surface area contributed by atoms with Crippen LogP contribution in [0.25, 0.3) is 0 Å². The molecule has 0 fully saturated rings. The average Bonchev–Trinajstić information content (AvgIpc) is 0.918. The quantitative estimate of drug-likeness (QED) is 0.387. The van der Waals surface area contributed by atoms with E-state index in [1.165, 1.54) is 13.2 Å². The van der Waals surface area contributed by atoms with Crippen molar-refractivity contribution in [2.45, 2.75) is 6.92 Å². The van der Waals surface area contributed by atoms with E-state index in [2.05, 4.69) is 0 Å². The van der Waals surface area contributed by atoms with Crippen LogP contribution in [0.3, 0.4) is 0 Å². The summed E-state index contributed by atoms with van der Waals surface area (Å²) in [5.74, 6) is 0. The Morgan fingerprint density at radius 3 is 1.75 bits per heavy atom. The van der Waals surface area contributed by atoms with Crippen LogP contribution >= 0.6 is 0 Å². The van der Waals surface area contributed by atoms with Crippen LogP contribution in [0, 0.1) is 0 Å². The molecule has 2 heteroatoms. The summed E-state index contributed by atoms with van der Waals surface area (Å²) in [7, 11) is 0. The molecule has 0 aromatic heterocycles. The molecule has 0 amide bonds. The molecule has 0 bridgehead atoms. The summed E-state index contributed by atoms with van der Waals surface area (Å²) in [6, 6.07) is 0. The van der Waals surface area contributed by atoms with Gasteiger partial charge in [0.05, 0.1) is 0 Å². The summed E-state index contributed by atoms with van der Waals surface area (Å²) in [6.45, 7) is 1.32. The number of rotatable bonds is 0. The van der Waals surface area contributed by atoms with Gasteiger partial charge < -0.3 is 0 Å². The molecule has 0 aromatic carbocycles. The molecule has 1 radical (unpaired) electrons. The first kappa shape index (κ1) is 8.83. The van der Waals surface area contributed by atoms with E-state index in [1.807, 2.05) is 0 Å². The Labute approximate surface area is 40.3 Å². The Kier molecular flexibility index (Phi) is 22.2. The summed E-state index contributed by atoms with van der Waals surface area (Å²) in [5, 5.41) is 0. The van der Waals surface area contributed by atoms with Crippen LogP contribution in [0.2, 0.25) is 0 Å². The maximum Gasteiger partial charge on any atom is 0.195 e. The van der Waals surface area contributed by atoms with Crippen molar-refractivity contribution < 1.29 is 26.5 Å². The standard InChI is InChI=1S/C2H3O.Ti/c1-2-3;/h1H3;. The molecule has 0 aliphatic carbocycles. The van der Waals surface area contributed by atoms with Gasteiger partial charge in [0.25, 0.3) is 0 Å². The van der Waals surface area contributed by atoms with Gasteiger partial charge >= 0.3 is 0 Å². The van der Waals surface area contributed by atoms with E-state index in [-0.39, 0.29) is 21.7 Å². The predicted octanol–water partition coefficient (Wildman–Crippen LogP) is 0.113. The number of carbonyl (C=O) groups excluding carboxylic acids is 1. The summed E-state index contributed by atoms with van der Waals surface area (Å²) in [5.41, 5.74) is 0. The molecule has 0 aliphatic rings. The third-order valence-electron chi connectivity index (χ3n) is 0. The van der Waals surface area contributed by atoms with Crippen molar-refractivity contribution in [3.05, 3.63) is 0 Å². The van der Waals surface area contributed by atoms with Crippen LogP contribution in [0.4, 0.5) is 0 Å². The fourth-order valence-electron chi connectivity index (χ4n) is 0. The van der Waals surface area contributed by atoms with Gasteiger partial charge in [-0.3, -0.25) is 4.79 Å². The third kappa shape index (κ3) is 30.9. The van der Waals surface area contributed by atoms with Crippen LogP contribution in [-0.2, 0) is 26.5 Å². The van der Waals surface area contributed by atoms with Crippen molar-refractivity contribution >= 4 is 6.29 Å². The minimum atomic E-state index is 0. The van der Waals surface area contributed by atoms with Crippen molar-refractivity contribution in [1.29, 1.82) is 0 Å². The molecule has 0 aliphatic heterocycles. The van der Waals surface area contributed by atoms with Crippen molar-refractivity contribution in [1.82, 2.24) is 0 Å². The second-order valence-corrected chi connectivity index (χ2v) is 0.204. The first-order valence-corrected chi connectivity index (χ1v) is 0.704. The van der Waals surface area contributed by atoms with Gasteiger partial charge in [0.2, 0.25) is 0 Å². The van der Waals surface area contributed by atoms with Crippen LogP contribution in [-0.4, -0.2) is 6.29 Å². The maximum absolute atomic E-state index is 8.68. The van der Waals surface area contributed by atoms with E-state index < -0.39 is 0 Å². The Balaban J connectivity index is 0. The van der Waals surface area contributed by atoms with Gasteiger partial charge in [-0.05, 0) is 0 Å². The largest absolute Gasteiger partial charge is 0.291 e. The molecule has 0 unspecified atom stereocenters. The van der Waals surface area contributed by atoms with Gasteiger partial charge in [-0.25, -0.2) is 0 Å². The van der Waals surface area contributed by atoms with Crippen LogP contribution in [0.15, 0.2) is 0 Å².